The lowest BCUT2D eigenvalue weighted by molar-refractivity contribution is -0.158. The number of Topliss-reactive ketones (excluding diaryl/α,β-unsaturated/α-hetero) is 1. The molecule has 3 rings (SSSR count). The van der Waals surface area contributed by atoms with Crippen LogP contribution in [0.15, 0.2) is 36.3 Å². The average Bonchev–Trinajstić information content (AvgIpc) is 2.64. The van der Waals surface area contributed by atoms with Crippen molar-refractivity contribution in [3.8, 4) is 11.5 Å². The third kappa shape index (κ3) is 4.00. The van der Waals surface area contributed by atoms with Gasteiger partial charge in [-0.1, -0.05) is 19.9 Å². The zero-order valence-corrected chi connectivity index (χ0v) is 15.3. The van der Waals surface area contributed by atoms with Crippen molar-refractivity contribution in [1.29, 1.82) is 0 Å². The highest BCUT2D eigenvalue weighted by Gasteiger charge is 2.42. The van der Waals surface area contributed by atoms with E-state index in [1.54, 1.807) is 45.2 Å². The van der Waals surface area contributed by atoms with E-state index in [0.29, 0.717) is 30.8 Å². The highest BCUT2D eigenvalue weighted by molar-refractivity contribution is 5.96. The fraction of sp³-hybridized carbons (Fsp3) is 0.500. The summed E-state index contributed by atoms with van der Waals surface area (Å²) in [5.74, 6) is 0.644. The molecule has 3 atom stereocenters. The zero-order valence-electron chi connectivity index (χ0n) is 15.3. The Hall–Kier alpha value is -2.50. The van der Waals surface area contributed by atoms with E-state index in [9.17, 15) is 9.59 Å². The van der Waals surface area contributed by atoms with Crippen LogP contribution in [0.25, 0.3) is 0 Å². The van der Waals surface area contributed by atoms with Crippen LogP contribution < -0.4 is 9.47 Å². The predicted octanol–water partition coefficient (Wildman–Crippen LogP) is 3.25. The second-order valence-electron chi connectivity index (χ2n) is 6.94. The number of methoxy groups -OCH3 is 1. The summed E-state index contributed by atoms with van der Waals surface area (Å²) in [5.41, 5.74) is 0. The van der Waals surface area contributed by atoms with Crippen molar-refractivity contribution in [2.45, 2.75) is 45.3 Å². The Kier molecular flexibility index (Phi) is 5.49. The van der Waals surface area contributed by atoms with E-state index in [1.165, 1.54) is 6.26 Å². The third-order valence-corrected chi connectivity index (χ3v) is 4.70. The van der Waals surface area contributed by atoms with Crippen molar-refractivity contribution < 1.29 is 28.5 Å². The lowest BCUT2D eigenvalue weighted by atomic mass is 9.80. The molecule has 0 N–H and O–H groups in total. The topological polar surface area (TPSA) is 71.1 Å². The van der Waals surface area contributed by atoms with E-state index in [2.05, 4.69) is 0 Å². The number of carbonyl (C=O) groups excluding carboxylic acids is 2. The lowest BCUT2D eigenvalue weighted by Gasteiger charge is -2.37. The first kappa shape index (κ1) is 18.3. The molecule has 0 bridgehead atoms. The van der Waals surface area contributed by atoms with Crippen LogP contribution in [0.2, 0.25) is 0 Å². The van der Waals surface area contributed by atoms with Gasteiger partial charge in [0.05, 0.1) is 18.9 Å². The van der Waals surface area contributed by atoms with Gasteiger partial charge in [0.15, 0.2) is 0 Å². The smallest absolute Gasteiger partial charge is 0.308 e. The summed E-state index contributed by atoms with van der Waals surface area (Å²) in [4.78, 5) is 24.5. The number of esters is 1. The number of rotatable bonds is 5. The minimum absolute atomic E-state index is 0.0716. The molecule has 1 fully saturated rings. The van der Waals surface area contributed by atoms with Crippen molar-refractivity contribution in [3.63, 3.8) is 0 Å². The minimum atomic E-state index is -0.279. The Morgan fingerprint density at radius 2 is 2.00 bits per heavy atom. The van der Waals surface area contributed by atoms with Crippen LogP contribution in [-0.2, 0) is 19.1 Å². The number of allylic oxidation sites excluding steroid dienone is 1. The Balaban J connectivity index is 1.64. The van der Waals surface area contributed by atoms with Crippen LogP contribution in [-0.4, -0.2) is 31.1 Å². The lowest BCUT2D eigenvalue weighted by Crippen LogP contribution is -2.43. The summed E-state index contributed by atoms with van der Waals surface area (Å²) in [5, 5.41) is 0. The first-order valence-electron chi connectivity index (χ1n) is 8.90. The molecule has 6 nitrogen and oxygen atoms in total. The molecule has 3 unspecified atom stereocenters. The molecule has 2 aliphatic rings. The van der Waals surface area contributed by atoms with Gasteiger partial charge in [0, 0.05) is 12.5 Å². The molecular weight excluding hydrogens is 336 g/mol. The van der Waals surface area contributed by atoms with E-state index in [4.69, 9.17) is 18.9 Å². The van der Waals surface area contributed by atoms with Crippen molar-refractivity contribution in [3.05, 3.63) is 36.3 Å². The predicted molar refractivity (Wildman–Crippen MR) is 93.6 cm³/mol. The summed E-state index contributed by atoms with van der Waals surface area (Å²) in [6, 6.07) is 7.06. The van der Waals surface area contributed by atoms with Gasteiger partial charge in [-0.25, -0.2) is 0 Å². The first-order valence-corrected chi connectivity index (χ1v) is 8.90. The number of ketones is 1. The molecule has 1 aromatic carbocycles. The molecular formula is C20H24O6. The van der Waals surface area contributed by atoms with E-state index in [1.807, 2.05) is 0 Å². The second-order valence-corrected chi connectivity index (χ2v) is 6.94. The largest absolute Gasteiger partial charge is 0.497 e. The van der Waals surface area contributed by atoms with Crippen molar-refractivity contribution in [2.75, 3.05) is 7.11 Å². The van der Waals surface area contributed by atoms with Gasteiger partial charge in [-0.05, 0) is 25.0 Å². The van der Waals surface area contributed by atoms with Gasteiger partial charge in [-0.15, -0.1) is 0 Å². The minimum Gasteiger partial charge on any atom is -0.497 e. The summed E-state index contributed by atoms with van der Waals surface area (Å²) in [6.45, 7) is 3.61. The molecule has 26 heavy (non-hydrogen) atoms. The molecule has 0 aromatic heterocycles. The van der Waals surface area contributed by atoms with Gasteiger partial charge in [-0.2, -0.15) is 0 Å². The van der Waals surface area contributed by atoms with Gasteiger partial charge < -0.3 is 18.9 Å². The van der Waals surface area contributed by atoms with Crippen molar-refractivity contribution in [2.24, 2.45) is 11.8 Å². The summed E-state index contributed by atoms with van der Waals surface area (Å²) in [6.07, 6.45) is 2.68. The number of benzene rings is 1. The van der Waals surface area contributed by atoms with Crippen LogP contribution >= 0.6 is 0 Å². The second kappa shape index (κ2) is 7.81. The van der Waals surface area contributed by atoms with Crippen molar-refractivity contribution >= 4 is 11.8 Å². The molecule has 0 radical (unpaired) electrons. The van der Waals surface area contributed by atoms with Gasteiger partial charge in [0.25, 0.3) is 0 Å². The van der Waals surface area contributed by atoms with Crippen LogP contribution in [0, 0.1) is 11.8 Å². The maximum absolute atomic E-state index is 12.7. The van der Waals surface area contributed by atoms with Gasteiger partial charge in [0.2, 0.25) is 11.5 Å². The fourth-order valence-corrected chi connectivity index (χ4v) is 3.21. The average molecular weight is 360 g/mol. The molecule has 1 aliphatic carbocycles. The van der Waals surface area contributed by atoms with E-state index in [0.717, 1.165) is 0 Å². The molecule has 0 amide bonds. The Morgan fingerprint density at radius 3 is 2.73 bits per heavy atom. The van der Waals surface area contributed by atoms with E-state index < -0.39 is 0 Å². The van der Waals surface area contributed by atoms with Crippen LogP contribution in [0.5, 0.6) is 11.5 Å². The maximum atomic E-state index is 12.7. The Labute approximate surface area is 153 Å². The fourth-order valence-electron chi connectivity index (χ4n) is 3.21. The molecule has 1 aliphatic heterocycles. The SMILES string of the molecule is COc1cccc(OC2=COC3CC(OC(=O)C(C)C)CCC3C2=O)c1. The normalized spacial score (nSPS) is 25.0. The Morgan fingerprint density at radius 1 is 1.23 bits per heavy atom. The van der Waals surface area contributed by atoms with Crippen LogP contribution in [0.3, 0.4) is 0 Å². The molecule has 1 aromatic rings. The van der Waals surface area contributed by atoms with Gasteiger partial charge >= 0.3 is 5.97 Å². The first-order chi connectivity index (χ1) is 12.5. The zero-order chi connectivity index (χ0) is 18.7. The summed E-state index contributed by atoms with van der Waals surface area (Å²) >= 11 is 0. The van der Waals surface area contributed by atoms with E-state index in [-0.39, 0.29) is 41.6 Å². The number of ether oxygens (including phenoxy) is 4. The Bertz CT molecular complexity index is 708. The quantitative estimate of drug-likeness (QED) is 0.751. The number of fused-ring (bicyclic) bond motifs is 1. The van der Waals surface area contributed by atoms with Crippen molar-refractivity contribution in [1.82, 2.24) is 0 Å². The van der Waals surface area contributed by atoms with Crippen LogP contribution in [0.1, 0.15) is 33.1 Å². The van der Waals surface area contributed by atoms with E-state index >= 15 is 0 Å². The molecule has 6 heteroatoms. The number of carbonyl (C=O) groups is 2. The highest BCUT2D eigenvalue weighted by Crippen LogP contribution is 2.35. The summed E-state index contributed by atoms with van der Waals surface area (Å²) < 4.78 is 22.1. The molecule has 0 saturated heterocycles. The maximum Gasteiger partial charge on any atom is 0.308 e. The third-order valence-electron chi connectivity index (χ3n) is 4.70. The summed E-state index contributed by atoms with van der Waals surface area (Å²) in [7, 11) is 1.57. The number of hydrogen-bond donors (Lipinski definition) is 0. The molecule has 0 spiro atoms. The number of hydrogen-bond acceptors (Lipinski definition) is 6. The standard InChI is InChI=1S/C20H24O6/c1-12(2)20(22)26-15-7-8-16-17(10-15)24-11-18(19(16)21)25-14-6-4-5-13(9-14)23-3/h4-6,9,11-12,15-17H,7-8,10H2,1-3H3. The highest BCUT2D eigenvalue weighted by atomic mass is 16.6. The van der Waals surface area contributed by atoms with Gasteiger partial charge in [-0.3, -0.25) is 9.59 Å². The molecule has 1 saturated carbocycles. The monoisotopic (exact) mass is 360 g/mol. The van der Waals surface area contributed by atoms with Crippen LogP contribution in [0.4, 0.5) is 0 Å². The molecule has 1 heterocycles. The van der Waals surface area contributed by atoms with Gasteiger partial charge in [0.1, 0.15) is 30.0 Å². The molecule has 140 valence electrons.